The maximum atomic E-state index is 11.5. The first-order valence-electron chi connectivity index (χ1n) is 6.62. The van der Waals surface area contributed by atoms with E-state index in [2.05, 4.69) is 23.9 Å². The van der Waals surface area contributed by atoms with E-state index in [1.807, 2.05) is 13.8 Å². The molecule has 0 saturated carbocycles. The highest BCUT2D eigenvalue weighted by molar-refractivity contribution is 7.89. The Kier molecular flexibility index (Phi) is 9.63. The van der Waals surface area contributed by atoms with Crippen molar-refractivity contribution in [1.82, 2.24) is 10.0 Å². The first kappa shape index (κ1) is 17.8. The van der Waals surface area contributed by atoms with E-state index in [4.69, 9.17) is 4.74 Å². The summed E-state index contributed by atoms with van der Waals surface area (Å²) in [6.45, 7) is 10.2. The molecule has 0 aliphatic heterocycles. The normalized spacial score (nSPS) is 12.6. The highest BCUT2D eigenvalue weighted by Crippen LogP contribution is 1.98. The van der Waals surface area contributed by atoms with Crippen LogP contribution in [-0.2, 0) is 14.8 Å². The summed E-state index contributed by atoms with van der Waals surface area (Å²) in [5.41, 5.74) is 0. The fourth-order valence-electron chi connectivity index (χ4n) is 1.24. The summed E-state index contributed by atoms with van der Waals surface area (Å²) in [6.07, 6.45) is 1.01. The van der Waals surface area contributed by atoms with Crippen molar-refractivity contribution in [3.8, 4) is 0 Å². The molecule has 0 radical (unpaired) electrons. The molecule has 6 heteroatoms. The molecule has 110 valence electrons. The van der Waals surface area contributed by atoms with E-state index in [9.17, 15) is 8.42 Å². The average Bonchev–Trinajstić information content (AvgIpc) is 2.21. The number of ether oxygens (including phenoxy) is 1. The molecule has 0 fully saturated rings. The first-order valence-corrected chi connectivity index (χ1v) is 8.27. The van der Waals surface area contributed by atoms with E-state index in [0.717, 1.165) is 6.42 Å². The van der Waals surface area contributed by atoms with Crippen molar-refractivity contribution in [2.75, 3.05) is 32.1 Å². The zero-order chi connectivity index (χ0) is 14.0. The van der Waals surface area contributed by atoms with Crippen LogP contribution in [0.15, 0.2) is 0 Å². The summed E-state index contributed by atoms with van der Waals surface area (Å²) in [5, 5.41) is 3.07. The van der Waals surface area contributed by atoms with Crippen LogP contribution in [-0.4, -0.2) is 46.5 Å². The molecule has 0 heterocycles. The standard InChI is InChI=1S/C12H28N2O3S/c1-11(2)5-8-17-9-6-14-18(15,16)10-7-13-12(3)4/h11-14H,5-10H2,1-4H3. The zero-order valence-electron chi connectivity index (χ0n) is 12.0. The molecule has 0 bridgehead atoms. The van der Waals surface area contributed by atoms with Crippen molar-refractivity contribution >= 4 is 10.0 Å². The third kappa shape index (κ3) is 12.3. The van der Waals surface area contributed by atoms with Crippen molar-refractivity contribution in [2.24, 2.45) is 5.92 Å². The van der Waals surface area contributed by atoms with E-state index in [-0.39, 0.29) is 5.75 Å². The van der Waals surface area contributed by atoms with E-state index in [1.165, 1.54) is 0 Å². The summed E-state index contributed by atoms with van der Waals surface area (Å²) >= 11 is 0. The number of rotatable bonds is 11. The van der Waals surface area contributed by atoms with Crippen molar-refractivity contribution in [3.63, 3.8) is 0 Å². The molecular formula is C12H28N2O3S. The third-order valence-electron chi connectivity index (χ3n) is 2.33. The minimum atomic E-state index is -3.17. The smallest absolute Gasteiger partial charge is 0.212 e. The van der Waals surface area contributed by atoms with Gasteiger partial charge in [0.05, 0.1) is 12.4 Å². The number of hydrogen-bond donors (Lipinski definition) is 2. The molecule has 0 spiro atoms. The summed E-state index contributed by atoms with van der Waals surface area (Å²) in [7, 11) is -3.17. The van der Waals surface area contributed by atoms with Crippen molar-refractivity contribution < 1.29 is 13.2 Å². The largest absolute Gasteiger partial charge is 0.380 e. The Morgan fingerprint density at radius 2 is 1.72 bits per heavy atom. The van der Waals surface area contributed by atoms with Gasteiger partial charge in [-0.1, -0.05) is 27.7 Å². The third-order valence-corrected chi connectivity index (χ3v) is 3.72. The molecule has 5 nitrogen and oxygen atoms in total. The lowest BCUT2D eigenvalue weighted by Gasteiger charge is -2.10. The van der Waals surface area contributed by atoms with Crippen LogP contribution in [0, 0.1) is 5.92 Å². The average molecular weight is 280 g/mol. The van der Waals surface area contributed by atoms with Crippen molar-refractivity contribution in [3.05, 3.63) is 0 Å². The molecule has 0 aliphatic carbocycles. The van der Waals surface area contributed by atoms with E-state index >= 15 is 0 Å². The topological polar surface area (TPSA) is 67.4 Å². The van der Waals surface area contributed by atoms with Crippen molar-refractivity contribution in [2.45, 2.75) is 40.2 Å². The van der Waals surface area contributed by atoms with Gasteiger partial charge < -0.3 is 10.1 Å². The van der Waals surface area contributed by atoms with Gasteiger partial charge in [-0.3, -0.25) is 0 Å². The van der Waals surface area contributed by atoms with Crippen LogP contribution in [0.25, 0.3) is 0 Å². The Hall–Kier alpha value is -0.170. The van der Waals surface area contributed by atoms with Gasteiger partial charge in [-0.05, 0) is 12.3 Å². The quantitative estimate of drug-likeness (QED) is 0.553. The molecule has 0 aromatic carbocycles. The molecule has 0 aromatic heterocycles. The molecular weight excluding hydrogens is 252 g/mol. The van der Waals surface area contributed by atoms with Gasteiger partial charge in [0.25, 0.3) is 0 Å². The van der Waals surface area contributed by atoms with Crippen molar-refractivity contribution in [1.29, 1.82) is 0 Å². The van der Waals surface area contributed by atoms with Gasteiger partial charge in [0.15, 0.2) is 0 Å². The predicted molar refractivity (Wildman–Crippen MR) is 75.2 cm³/mol. The van der Waals surface area contributed by atoms with Crippen LogP contribution in [0.1, 0.15) is 34.1 Å². The molecule has 0 saturated heterocycles. The lowest BCUT2D eigenvalue weighted by atomic mass is 10.1. The van der Waals surface area contributed by atoms with E-state index in [1.54, 1.807) is 0 Å². The lowest BCUT2D eigenvalue weighted by molar-refractivity contribution is 0.128. The van der Waals surface area contributed by atoms with Crippen LogP contribution >= 0.6 is 0 Å². The second-order valence-electron chi connectivity index (χ2n) is 5.12. The molecule has 0 unspecified atom stereocenters. The van der Waals surface area contributed by atoms with Gasteiger partial charge in [0.1, 0.15) is 0 Å². The van der Waals surface area contributed by atoms with Crippen LogP contribution in [0.4, 0.5) is 0 Å². The first-order chi connectivity index (χ1) is 8.33. The summed E-state index contributed by atoms with van der Waals surface area (Å²) < 4.78 is 31.0. The van der Waals surface area contributed by atoms with Gasteiger partial charge in [0, 0.05) is 25.7 Å². The molecule has 0 atom stereocenters. The van der Waals surface area contributed by atoms with Gasteiger partial charge >= 0.3 is 0 Å². The van der Waals surface area contributed by atoms with Gasteiger partial charge in [-0.25, -0.2) is 13.1 Å². The molecule has 18 heavy (non-hydrogen) atoms. The maximum Gasteiger partial charge on any atom is 0.212 e. The highest BCUT2D eigenvalue weighted by atomic mass is 32.2. The number of nitrogens with one attached hydrogen (secondary N) is 2. The monoisotopic (exact) mass is 280 g/mol. The Morgan fingerprint density at radius 1 is 1.06 bits per heavy atom. The fraction of sp³-hybridized carbons (Fsp3) is 1.00. The predicted octanol–water partition coefficient (Wildman–Crippen LogP) is 0.967. The number of hydrogen-bond acceptors (Lipinski definition) is 4. The van der Waals surface area contributed by atoms with Gasteiger partial charge in [0.2, 0.25) is 10.0 Å². The summed E-state index contributed by atoms with van der Waals surface area (Å²) in [6, 6.07) is 0.305. The highest BCUT2D eigenvalue weighted by Gasteiger charge is 2.09. The molecule has 0 aromatic rings. The van der Waals surface area contributed by atoms with E-state index in [0.29, 0.717) is 38.3 Å². The minimum Gasteiger partial charge on any atom is -0.380 e. The van der Waals surface area contributed by atoms with Crippen LogP contribution in [0.2, 0.25) is 0 Å². The Labute approximate surface area is 112 Å². The minimum absolute atomic E-state index is 0.108. The molecule has 0 aliphatic rings. The Morgan fingerprint density at radius 3 is 2.28 bits per heavy atom. The van der Waals surface area contributed by atoms with Gasteiger partial charge in [-0.2, -0.15) is 0 Å². The van der Waals surface area contributed by atoms with E-state index < -0.39 is 10.0 Å². The Bertz CT molecular complexity index is 290. The fourth-order valence-corrected chi connectivity index (χ4v) is 2.17. The van der Waals surface area contributed by atoms with Gasteiger partial charge in [-0.15, -0.1) is 0 Å². The molecule has 0 amide bonds. The molecule has 0 rings (SSSR count). The van der Waals surface area contributed by atoms with Crippen LogP contribution in [0.3, 0.4) is 0 Å². The Balaban J connectivity index is 3.53. The summed E-state index contributed by atoms with van der Waals surface area (Å²) in [5.74, 6) is 0.723. The van der Waals surface area contributed by atoms with Crippen LogP contribution in [0.5, 0.6) is 0 Å². The molecule has 2 N–H and O–H groups in total. The summed E-state index contributed by atoms with van der Waals surface area (Å²) in [4.78, 5) is 0. The number of sulfonamides is 1. The maximum absolute atomic E-state index is 11.5. The SMILES string of the molecule is CC(C)CCOCCNS(=O)(=O)CCNC(C)C. The zero-order valence-corrected chi connectivity index (χ0v) is 12.8. The van der Waals surface area contributed by atoms with Crippen LogP contribution < -0.4 is 10.0 Å². The lowest BCUT2D eigenvalue weighted by Crippen LogP contribution is -2.35. The second kappa shape index (κ2) is 9.72. The second-order valence-corrected chi connectivity index (χ2v) is 7.04.